The SMILES string of the molecule is CC(C)(C)CC(C)(C)c1ccc(Oc2cc(NS(C)(=O)=O)c3c4c(c(C5=Nc6ccccc6S(=O)(=O)N5)c(Nc5ccc(S(=O)(=O)O)cc5)nc24)-c2ccccc2C3=O)c(SOOO)c1. The minimum atomic E-state index is -4.58. The van der Waals surface area contributed by atoms with Gasteiger partial charge in [-0.05, 0) is 76.9 Å². The average Bonchev–Trinajstić information content (AvgIpc) is 3.21. The smallest absolute Gasteiger partial charge is 0.294 e. The molecule has 0 radical (unpaired) electrons. The number of carbonyl (C=O) groups is 1. The molecule has 5 N–H and O–H groups in total. The van der Waals surface area contributed by atoms with Crippen LogP contribution >= 0.6 is 12.0 Å². The molecule has 1 aliphatic carbocycles. The number of aliphatic imine (C=N–C) groups is 1. The molecular weight excluding hydrogens is 919 g/mol. The molecule has 6 aromatic rings. The van der Waals surface area contributed by atoms with Gasteiger partial charge in [0.2, 0.25) is 10.0 Å². The highest BCUT2D eigenvalue weighted by Gasteiger charge is 2.38. The van der Waals surface area contributed by atoms with Crippen LogP contribution in [0.5, 0.6) is 11.5 Å². The van der Waals surface area contributed by atoms with Crippen molar-refractivity contribution in [3.8, 4) is 22.6 Å². The monoisotopic (exact) mass is 959 g/mol. The number of sulfonamides is 2. The van der Waals surface area contributed by atoms with Crippen LogP contribution in [0.15, 0.2) is 117 Å². The van der Waals surface area contributed by atoms with Gasteiger partial charge in [-0.3, -0.25) is 18.8 Å². The first-order chi connectivity index (χ1) is 30.4. The number of rotatable bonds is 13. The van der Waals surface area contributed by atoms with Crippen LogP contribution in [0.3, 0.4) is 0 Å². The molecule has 5 aromatic carbocycles. The number of ketones is 1. The van der Waals surface area contributed by atoms with E-state index in [1.807, 2.05) is 6.07 Å². The topological polar surface area (TPSA) is 249 Å². The number of anilines is 3. The van der Waals surface area contributed by atoms with Crippen LogP contribution in [0.25, 0.3) is 22.0 Å². The Labute approximate surface area is 379 Å². The van der Waals surface area contributed by atoms with Crippen molar-refractivity contribution in [1.29, 1.82) is 0 Å². The van der Waals surface area contributed by atoms with E-state index in [0.717, 1.165) is 30.4 Å². The number of hydrogen-bond acceptors (Lipinski definition) is 15. The van der Waals surface area contributed by atoms with E-state index in [2.05, 4.69) is 54.4 Å². The predicted molar refractivity (Wildman–Crippen MR) is 246 cm³/mol. The van der Waals surface area contributed by atoms with Crippen molar-refractivity contribution < 1.29 is 54.0 Å². The maximum absolute atomic E-state index is 14.7. The zero-order chi connectivity index (χ0) is 46.9. The lowest BCUT2D eigenvalue weighted by Crippen LogP contribution is -2.35. The van der Waals surface area contributed by atoms with E-state index in [4.69, 9.17) is 19.0 Å². The zero-order valence-corrected chi connectivity index (χ0v) is 38.7. The molecule has 2 aliphatic rings. The molecule has 8 rings (SSSR count). The first-order valence-corrected chi connectivity index (χ1v) is 25.2. The van der Waals surface area contributed by atoms with Crippen LogP contribution in [0.4, 0.5) is 22.9 Å². The van der Waals surface area contributed by atoms with Gasteiger partial charge in [-0.2, -0.15) is 8.42 Å². The van der Waals surface area contributed by atoms with Crippen LogP contribution in [0.2, 0.25) is 0 Å². The molecule has 17 nitrogen and oxygen atoms in total. The molecule has 65 heavy (non-hydrogen) atoms. The van der Waals surface area contributed by atoms with Gasteiger partial charge in [0.05, 0.1) is 50.6 Å². The van der Waals surface area contributed by atoms with Gasteiger partial charge in [0, 0.05) is 28.3 Å². The second-order valence-electron chi connectivity index (χ2n) is 17.2. The van der Waals surface area contributed by atoms with Crippen molar-refractivity contribution in [3.63, 3.8) is 0 Å². The minimum absolute atomic E-state index is 0.00945. The molecule has 338 valence electrons. The van der Waals surface area contributed by atoms with Crippen LogP contribution < -0.4 is 19.5 Å². The molecule has 2 heterocycles. The molecule has 0 saturated heterocycles. The summed E-state index contributed by atoms with van der Waals surface area (Å²) in [5.74, 6) is -0.837. The predicted octanol–water partition coefficient (Wildman–Crippen LogP) is 9.11. The van der Waals surface area contributed by atoms with E-state index in [1.54, 1.807) is 48.5 Å². The van der Waals surface area contributed by atoms with Gasteiger partial charge in [0.25, 0.3) is 20.1 Å². The molecule has 0 fully saturated rings. The summed E-state index contributed by atoms with van der Waals surface area (Å²) >= 11 is 0.633. The summed E-state index contributed by atoms with van der Waals surface area (Å²) in [6, 6.07) is 24.1. The molecule has 1 aromatic heterocycles. The molecule has 0 saturated carbocycles. The Kier molecular flexibility index (Phi) is 11.6. The van der Waals surface area contributed by atoms with Crippen molar-refractivity contribution in [2.24, 2.45) is 10.4 Å². The maximum Gasteiger partial charge on any atom is 0.294 e. The number of ether oxygens (including phenoxy) is 1. The summed E-state index contributed by atoms with van der Waals surface area (Å²) in [6.07, 6.45) is 1.69. The third kappa shape index (κ3) is 9.18. The number of nitrogens with one attached hydrogen (secondary N) is 3. The molecule has 0 spiro atoms. The third-order valence-electron chi connectivity index (χ3n) is 10.5. The van der Waals surface area contributed by atoms with Gasteiger partial charge < -0.3 is 10.1 Å². The van der Waals surface area contributed by atoms with Gasteiger partial charge in [-0.15, -0.1) is 4.33 Å². The number of amidine groups is 1. The van der Waals surface area contributed by atoms with Gasteiger partial charge in [-0.25, -0.2) is 32.1 Å². The molecule has 1 aliphatic heterocycles. The van der Waals surface area contributed by atoms with Crippen LogP contribution in [-0.4, -0.2) is 57.9 Å². The molecule has 21 heteroatoms. The Morgan fingerprint density at radius 2 is 1.51 bits per heavy atom. The molecule has 0 atom stereocenters. The number of carbonyl (C=O) groups excluding carboxylic acids is 1. The number of aromatic nitrogens is 1. The third-order valence-corrected chi connectivity index (χ3v) is 14.0. The van der Waals surface area contributed by atoms with E-state index in [9.17, 15) is 39.9 Å². The zero-order valence-electron chi connectivity index (χ0n) is 35.4. The maximum atomic E-state index is 14.7. The summed E-state index contributed by atoms with van der Waals surface area (Å²) < 4.78 is 104. The van der Waals surface area contributed by atoms with Crippen molar-refractivity contribution >= 4 is 87.6 Å². The highest BCUT2D eigenvalue weighted by atomic mass is 32.2. The quantitative estimate of drug-likeness (QED) is 0.0313. The highest BCUT2D eigenvalue weighted by Crippen LogP contribution is 2.51. The largest absolute Gasteiger partial charge is 0.454 e. The van der Waals surface area contributed by atoms with E-state index < -0.39 is 40.8 Å². The molecule has 0 amide bonds. The normalized spacial score (nSPS) is 14.5. The van der Waals surface area contributed by atoms with Crippen LogP contribution in [-0.2, 0) is 45.0 Å². The van der Waals surface area contributed by atoms with Crippen LogP contribution in [0, 0.1) is 5.41 Å². The van der Waals surface area contributed by atoms with Crippen molar-refractivity contribution in [1.82, 2.24) is 9.71 Å². The number of nitrogens with zero attached hydrogens (tertiary/aromatic N) is 2. The average molecular weight is 960 g/mol. The number of para-hydroxylation sites is 1. The van der Waals surface area contributed by atoms with Gasteiger partial charge >= 0.3 is 0 Å². The summed E-state index contributed by atoms with van der Waals surface area (Å²) in [4.78, 5) is 24.3. The minimum Gasteiger partial charge on any atom is -0.454 e. The number of hydrogen-bond donors (Lipinski definition) is 5. The molecule has 0 unspecified atom stereocenters. The Morgan fingerprint density at radius 1 is 0.831 bits per heavy atom. The number of fused-ring (bicyclic) bond motifs is 3. The lowest BCUT2D eigenvalue weighted by Gasteiger charge is -2.33. The van der Waals surface area contributed by atoms with Gasteiger partial charge in [0.15, 0.2) is 17.4 Å². The van der Waals surface area contributed by atoms with E-state index in [-0.39, 0.29) is 89.1 Å². The lowest BCUT2D eigenvalue weighted by molar-refractivity contribution is -0.432. The molecule has 0 bridgehead atoms. The van der Waals surface area contributed by atoms with Gasteiger partial charge in [-0.1, -0.05) is 82.1 Å². The summed E-state index contributed by atoms with van der Waals surface area (Å²) in [7, 11) is -13.0. The molecular formula is C44H41N5O12S4. The van der Waals surface area contributed by atoms with E-state index >= 15 is 0 Å². The standard InChI is InChI=1S/C44H41N5O12S4/c1-43(2,3)23-44(4,5)24-15-20-31(33(21-24)62-61-60-51)59-32-22-30(48-63(6,52)53)36-37-35(27-11-7-8-12-28(27)40(36)50)38(42-46-29-13-9-10-14-34(29)64(54,55)49-42)41(47-39(32)37)45-25-16-18-26(19-17-25)65(56,57)58/h7-22,48,51H,23H2,1-6H3,(H,45,47)(H,46,49)(H,56,57,58). The van der Waals surface area contributed by atoms with E-state index in [0.29, 0.717) is 22.5 Å². The Balaban J connectivity index is 1.47. The first-order valence-electron chi connectivity index (χ1n) is 19.6. The summed E-state index contributed by atoms with van der Waals surface area (Å²) in [5, 5.41) is 16.4. The Bertz CT molecular complexity index is 3330. The first kappa shape index (κ1) is 45.7. The second-order valence-corrected chi connectivity index (χ2v) is 22.8. The summed E-state index contributed by atoms with van der Waals surface area (Å²) in [6.45, 7) is 10.5. The lowest BCUT2D eigenvalue weighted by atomic mass is 9.72. The van der Waals surface area contributed by atoms with Crippen molar-refractivity contribution in [3.05, 3.63) is 119 Å². The van der Waals surface area contributed by atoms with Crippen molar-refractivity contribution in [2.75, 3.05) is 16.3 Å². The van der Waals surface area contributed by atoms with E-state index in [1.165, 1.54) is 30.3 Å². The fourth-order valence-electron chi connectivity index (χ4n) is 8.36. The number of pyridine rings is 1. The Morgan fingerprint density at radius 3 is 2.17 bits per heavy atom. The number of benzene rings is 5. The van der Waals surface area contributed by atoms with Gasteiger partial charge in [0.1, 0.15) is 22.0 Å². The second kappa shape index (κ2) is 16.5. The Hall–Kier alpha value is -5.91. The fourth-order valence-corrected chi connectivity index (χ4v) is 11.0. The summed E-state index contributed by atoms with van der Waals surface area (Å²) in [5.41, 5.74) is 1.10. The van der Waals surface area contributed by atoms with Crippen molar-refractivity contribution in [2.45, 2.75) is 61.1 Å². The fraction of sp³-hybridized carbons (Fsp3) is 0.205. The highest BCUT2D eigenvalue weighted by molar-refractivity contribution is 7.94. The van der Waals surface area contributed by atoms with Crippen LogP contribution in [0.1, 0.15) is 68.1 Å².